The second kappa shape index (κ2) is 5.38. The lowest BCUT2D eigenvalue weighted by atomic mass is 9.78. The van der Waals surface area contributed by atoms with E-state index < -0.39 is 0 Å². The molecular weight excluding hydrogens is 228 g/mol. The minimum Gasteiger partial charge on any atom is -0.506 e. The van der Waals surface area contributed by atoms with Crippen LogP contribution >= 0.6 is 0 Å². The number of hydrogen-bond acceptors (Lipinski definition) is 3. The maximum absolute atomic E-state index is 12.1. The van der Waals surface area contributed by atoms with Gasteiger partial charge in [-0.05, 0) is 24.3 Å². The molecule has 0 spiro atoms. The lowest BCUT2D eigenvalue weighted by Crippen LogP contribution is -2.43. The van der Waals surface area contributed by atoms with Crippen LogP contribution in [0.3, 0.4) is 0 Å². The smallest absolute Gasteiger partial charge is 0.253 e. The number of rotatable bonds is 2. The number of aromatic hydroxyl groups is 1. The average molecular weight is 248 g/mol. The average Bonchev–Trinajstić information content (AvgIpc) is 2.35. The summed E-state index contributed by atoms with van der Waals surface area (Å²) < 4.78 is 0. The minimum absolute atomic E-state index is 0.0210. The Morgan fingerprint density at radius 3 is 2.89 bits per heavy atom. The van der Waals surface area contributed by atoms with E-state index in [0.717, 1.165) is 12.8 Å². The molecule has 18 heavy (non-hydrogen) atoms. The molecule has 1 amide bonds. The van der Waals surface area contributed by atoms with Gasteiger partial charge in [0.05, 0.1) is 11.8 Å². The highest BCUT2D eigenvalue weighted by molar-refractivity contribution is 5.94. The van der Waals surface area contributed by atoms with Crippen molar-refractivity contribution in [3.8, 4) is 5.75 Å². The SMILES string of the molecule is CC1CCCC(NC(=O)c2cncc(O)c2)C1C. The van der Waals surface area contributed by atoms with Gasteiger partial charge in [-0.25, -0.2) is 0 Å². The third kappa shape index (κ3) is 2.81. The van der Waals surface area contributed by atoms with Gasteiger partial charge in [-0.15, -0.1) is 0 Å². The summed E-state index contributed by atoms with van der Waals surface area (Å²) in [7, 11) is 0. The number of pyridine rings is 1. The number of aromatic nitrogens is 1. The number of carbonyl (C=O) groups is 1. The molecule has 1 heterocycles. The van der Waals surface area contributed by atoms with E-state index in [1.807, 2.05) is 0 Å². The van der Waals surface area contributed by atoms with Gasteiger partial charge >= 0.3 is 0 Å². The molecule has 0 saturated heterocycles. The van der Waals surface area contributed by atoms with Gasteiger partial charge in [0.1, 0.15) is 5.75 Å². The zero-order valence-electron chi connectivity index (χ0n) is 10.9. The minimum atomic E-state index is -0.149. The third-order valence-corrected chi connectivity index (χ3v) is 4.01. The van der Waals surface area contributed by atoms with Crippen molar-refractivity contribution in [2.75, 3.05) is 0 Å². The summed E-state index contributed by atoms with van der Waals surface area (Å²) in [6.45, 7) is 4.42. The van der Waals surface area contributed by atoms with E-state index in [1.54, 1.807) is 0 Å². The summed E-state index contributed by atoms with van der Waals surface area (Å²) in [5, 5.41) is 12.4. The van der Waals surface area contributed by atoms with E-state index in [2.05, 4.69) is 24.1 Å². The van der Waals surface area contributed by atoms with Crippen molar-refractivity contribution in [3.63, 3.8) is 0 Å². The summed E-state index contributed by atoms with van der Waals surface area (Å²) in [5.74, 6) is 1.01. The van der Waals surface area contributed by atoms with Crippen molar-refractivity contribution in [3.05, 3.63) is 24.0 Å². The van der Waals surface area contributed by atoms with Gasteiger partial charge < -0.3 is 10.4 Å². The van der Waals surface area contributed by atoms with Gasteiger partial charge in [0.25, 0.3) is 5.91 Å². The molecule has 0 radical (unpaired) electrons. The Morgan fingerprint density at radius 1 is 1.39 bits per heavy atom. The molecule has 3 unspecified atom stereocenters. The zero-order valence-corrected chi connectivity index (χ0v) is 10.9. The van der Waals surface area contributed by atoms with Crippen molar-refractivity contribution >= 4 is 5.91 Å². The Kier molecular flexibility index (Phi) is 3.84. The van der Waals surface area contributed by atoms with Gasteiger partial charge in [-0.3, -0.25) is 9.78 Å². The molecule has 1 aromatic heterocycles. The molecule has 4 nitrogen and oxygen atoms in total. The van der Waals surface area contributed by atoms with Crippen molar-refractivity contribution in [2.24, 2.45) is 11.8 Å². The first-order valence-electron chi connectivity index (χ1n) is 6.53. The lowest BCUT2D eigenvalue weighted by molar-refractivity contribution is 0.0890. The van der Waals surface area contributed by atoms with Crippen LogP contribution in [-0.4, -0.2) is 22.0 Å². The molecule has 2 N–H and O–H groups in total. The molecule has 1 fully saturated rings. The summed E-state index contributed by atoms with van der Waals surface area (Å²) in [5.41, 5.74) is 0.417. The van der Waals surface area contributed by atoms with E-state index in [0.29, 0.717) is 17.4 Å². The normalized spacial score (nSPS) is 27.8. The number of nitrogens with one attached hydrogen (secondary N) is 1. The fourth-order valence-corrected chi connectivity index (χ4v) is 2.59. The predicted molar refractivity (Wildman–Crippen MR) is 69.3 cm³/mol. The fraction of sp³-hybridized carbons (Fsp3) is 0.571. The third-order valence-electron chi connectivity index (χ3n) is 4.01. The number of nitrogens with zero attached hydrogens (tertiary/aromatic N) is 1. The van der Waals surface area contributed by atoms with Crippen molar-refractivity contribution in [2.45, 2.75) is 39.2 Å². The van der Waals surface area contributed by atoms with E-state index in [4.69, 9.17) is 0 Å². The Morgan fingerprint density at radius 2 is 2.17 bits per heavy atom. The highest BCUT2D eigenvalue weighted by Gasteiger charge is 2.28. The molecule has 0 bridgehead atoms. The molecule has 3 atom stereocenters. The molecular formula is C14H20N2O2. The Labute approximate surface area is 107 Å². The first-order valence-corrected chi connectivity index (χ1v) is 6.53. The van der Waals surface area contributed by atoms with Crippen molar-refractivity contribution in [1.29, 1.82) is 0 Å². The standard InChI is InChI=1S/C14H20N2O2/c1-9-4-3-5-13(10(9)2)16-14(18)11-6-12(17)8-15-7-11/h6-10,13,17H,3-5H2,1-2H3,(H,16,18). The highest BCUT2D eigenvalue weighted by Crippen LogP contribution is 2.29. The first kappa shape index (κ1) is 12.9. The molecule has 2 rings (SSSR count). The van der Waals surface area contributed by atoms with Crippen LogP contribution in [-0.2, 0) is 0 Å². The summed E-state index contributed by atoms with van der Waals surface area (Å²) in [4.78, 5) is 15.9. The summed E-state index contributed by atoms with van der Waals surface area (Å²) in [6.07, 6.45) is 6.23. The van der Waals surface area contributed by atoms with Crippen LogP contribution in [0.25, 0.3) is 0 Å². The topological polar surface area (TPSA) is 62.2 Å². The largest absolute Gasteiger partial charge is 0.506 e. The zero-order chi connectivity index (χ0) is 13.1. The maximum Gasteiger partial charge on any atom is 0.253 e. The van der Waals surface area contributed by atoms with Gasteiger partial charge in [0, 0.05) is 12.2 Å². The van der Waals surface area contributed by atoms with Crippen LogP contribution in [0.2, 0.25) is 0 Å². The maximum atomic E-state index is 12.1. The molecule has 0 aromatic carbocycles. The van der Waals surface area contributed by atoms with Crippen LogP contribution < -0.4 is 5.32 Å². The van der Waals surface area contributed by atoms with Crippen molar-refractivity contribution in [1.82, 2.24) is 10.3 Å². The first-order chi connectivity index (χ1) is 8.58. The molecule has 1 aromatic rings. The van der Waals surface area contributed by atoms with Gasteiger partial charge in [0.2, 0.25) is 0 Å². The van der Waals surface area contributed by atoms with Gasteiger partial charge in [-0.2, -0.15) is 0 Å². The van der Waals surface area contributed by atoms with E-state index in [1.165, 1.54) is 24.9 Å². The van der Waals surface area contributed by atoms with Crippen LogP contribution in [0.4, 0.5) is 0 Å². The van der Waals surface area contributed by atoms with Crippen LogP contribution in [0.5, 0.6) is 5.75 Å². The summed E-state index contributed by atoms with van der Waals surface area (Å²) in [6, 6.07) is 1.67. The molecule has 98 valence electrons. The van der Waals surface area contributed by atoms with Crippen molar-refractivity contribution < 1.29 is 9.90 Å². The molecule has 1 saturated carbocycles. The number of hydrogen-bond donors (Lipinski definition) is 2. The number of carbonyl (C=O) groups excluding carboxylic acids is 1. The van der Waals surface area contributed by atoms with Crippen LogP contribution in [0, 0.1) is 11.8 Å². The second-order valence-electron chi connectivity index (χ2n) is 5.28. The van der Waals surface area contributed by atoms with E-state index in [-0.39, 0.29) is 17.7 Å². The molecule has 0 aliphatic heterocycles. The van der Waals surface area contributed by atoms with E-state index in [9.17, 15) is 9.90 Å². The highest BCUT2D eigenvalue weighted by atomic mass is 16.3. The van der Waals surface area contributed by atoms with Crippen LogP contribution in [0.15, 0.2) is 18.5 Å². The molecule has 1 aliphatic carbocycles. The Balaban J connectivity index is 2.03. The predicted octanol–water partition coefficient (Wildman–Crippen LogP) is 2.34. The monoisotopic (exact) mass is 248 g/mol. The van der Waals surface area contributed by atoms with Crippen LogP contribution in [0.1, 0.15) is 43.5 Å². The van der Waals surface area contributed by atoms with Gasteiger partial charge in [0.15, 0.2) is 0 Å². The van der Waals surface area contributed by atoms with E-state index >= 15 is 0 Å². The Hall–Kier alpha value is -1.58. The molecule has 1 aliphatic rings. The lowest BCUT2D eigenvalue weighted by Gasteiger charge is -2.34. The molecule has 4 heteroatoms. The second-order valence-corrected chi connectivity index (χ2v) is 5.28. The van der Waals surface area contributed by atoms with Gasteiger partial charge in [-0.1, -0.05) is 26.7 Å². The Bertz CT molecular complexity index is 434. The quantitative estimate of drug-likeness (QED) is 0.844. The fourth-order valence-electron chi connectivity index (χ4n) is 2.59. The number of amides is 1. The summed E-state index contributed by atoms with van der Waals surface area (Å²) >= 11 is 0.